The minimum atomic E-state index is -9.12. The zero-order valence-corrected chi connectivity index (χ0v) is 19.1. The van der Waals surface area contributed by atoms with Crippen LogP contribution in [0.15, 0.2) is 11.8 Å². The van der Waals surface area contributed by atoms with Gasteiger partial charge in [0.05, 0.1) is 0 Å². The second-order valence-corrected chi connectivity index (χ2v) is 9.21. The molecule has 238 valence electrons. The fraction of sp³-hybridized carbons (Fsp3) is 0.800. The lowest BCUT2D eigenvalue weighted by Gasteiger charge is -2.43. The minimum absolute atomic E-state index is 0.530. The minimum Gasteiger partial charge on any atom is -0.476 e. The highest BCUT2D eigenvalue weighted by atomic mass is 32.2. The monoisotopic (exact) mass is 661 g/mol. The highest BCUT2D eigenvalue weighted by molar-refractivity contribution is 7.90. The molecule has 0 aromatic heterocycles. The molecule has 0 saturated heterocycles. The lowest BCUT2D eigenvalue weighted by atomic mass is 9.91. The number of carbonyl (C=O) groups is 1. The van der Waals surface area contributed by atoms with Gasteiger partial charge in [-0.3, -0.25) is 4.31 Å². The second-order valence-electron chi connectivity index (χ2n) is 7.31. The van der Waals surface area contributed by atoms with Crippen molar-refractivity contribution >= 4 is 16.0 Å². The van der Waals surface area contributed by atoms with Crippen LogP contribution in [0.3, 0.4) is 0 Å². The molecule has 0 aliphatic rings. The van der Waals surface area contributed by atoms with Crippen LogP contribution >= 0.6 is 0 Å². The van der Waals surface area contributed by atoms with E-state index in [9.17, 15) is 96.6 Å². The van der Waals surface area contributed by atoms with E-state index in [0.717, 1.165) is 6.92 Å². The van der Waals surface area contributed by atoms with Crippen molar-refractivity contribution in [1.29, 1.82) is 0 Å². The summed E-state index contributed by atoms with van der Waals surface area (Å²) in [5.74, 6) is -56.5. The lowest BCUT2D eigenvalue weighted by Crippen LogP contribution is -2.75. The quantitative estimate of drug-likeness (QED) is 0.179. The summed E-state index contributed by atoms with van der Waals surface area (Å²) in [7, 11) is -8.24. The summed E-state index contributed by atoms with van der Waals surface area (Å²) in [6, 6.07) is 0. The fourth-order valence-corrected chi connectivity index (χ4v) is 3.87. The first kappa shape index (κ1) is 37.6. The number of alkyl halides is 17. The van der Waals surface area contributed by atoms with Crippen LogP contribution in [0, 0.1) is 0 Å². The molecule has 0 rings (SSSR count). The third kappa shape index (κ3) is 5.09. The molecule has 25 heteroatoms. The maximum atomic E-state index is 14.3. The van der Waals surface area contributed by atoms with Gasteiger partial charge in [0.2, 0.25) is 5.70 Å². The molecular formula is C15H10F19NO4S. The molecule has 0 fully saturated rings. The smallest absolute Gasteiger partial charge is 0.460 e. The predicted octanol–water partition coefficient (Wildman–Crippen LogP) is 6.58. The number of unbranched alkanes of at least 4 members (excludes halogenated alkanes) is 1. The van der Waals surface area contributed by atoms with Crippen molar-refractivity contribution in [2.75, 3.05) is 6.54 Å². The average Bonchev–Trinajstić information content (AvgIpc) is 2.73. The van der Waals surface area contributed by atoms with Crippen LogP contribution in [0.5, 0.6) is 0 Å². The van der Waals surface area contributed by atoms with Crippen LogP contribution in [-0.4, -0.2) is 77.3 Å². The second kappa shape index (κ2) is 10.5. The zero-order valence-electron chi connectivity index (χ0n) is 18.3. The molecule has 0 bridgehead atoms. The highest BCUT2D eigenvalue weighted by Gasteiger charge is 2.96. The van der Waals surface area contributed by atoms with Gasteiger partial charge in [0.15, 0.2) is 0 Å². The Hall–Kier alpha value is -2.37. The number of hydrogen-bond donors (Lipinski definition) is 1. The van der Waals surface area contributed by atoms with E-state index in [1.165, 1.54) is 0 Å². The summed E-state index contributed by atoms with van der Waals surface area (Å²) in [6.07, 6.45) is -13.5. The molecule has 0 aromatic carbocycles. The van der Waals surface area contributed by atoms with Gasteiger partial charge in [-0.15, -0.1) is 0 Å². The standard InChI is InChI=1S/C15H10F19NO4S/c1-2-3-4-35(5(6(16)17)7(36)37)40(38,39)15(33,34)13(28,29)11(24,25)9(20,21)8(18,19)10(22,23)12(26,27)14(30,31)32/h2-4H2,1H3,(H,36,37). The number of aliphatic carboxylic acids is 1. The third-order valence-electron chi connectivity index (χ3n) is 4.65. The number of rotatable bonds is 13. The van der Waals surface area contributed by atoms with Crippen molar-refractivity contribution in [3.05, 3.63) is 11.8 Å². The summed E-state index contributed by atoms with van der Waals surface area (Å²) in [5.41, 5.74) is -3.21. The molecule has 0 unspecified atom stereocenters. The van der Waals surface area contributed by atoms with Gasteiger partial charge >= 0.3 is 69.0 Å². The van der Waals surface area contributed by atoms with Gasteiger partial charge in [0.1, 0.15) is 0 Å². The van der Waals surface area contributed by atoms with E-state index in [-0.39, 0.29) is 0 Å². The number of carboxylic acids is 1. The van der Waals surface area contributed by atoms with E-state index < -0.39 is 98.4 Å². The van der Waals surface area contributed by atoms with Crippen molar-refractivity contribution < 1.29 is 102 Å². The van der Waals surface area contributed by atoms with Gasteiger partial charge in [-0.25, -0.2) is 4.79 Å². The molecule has 0 aliphatic heterocycles. The molecule has 0 amide bonds. The fourth-order valence-electron chi connectivity index (χ4n) is 2.39. The molecule has 0 atom stereocenters. The largest absolute Gasteiger partial charge is 0.476 e. The van der Waals surface area contributed by atoms with Crippen LogP contribution in [0.25, 0.3) is 0 Å². The van der Waals surface area contributed by atoms with Gasteiger partial charge < -0.3 is 5.11 Å². The van der Waals surface area contributed by atoms with Crippen LogP contribution in [0.4, 0.5) is 83.4 Å². The Labute approximate surface area is 208 Å². The van der Waals surface area contributed by atoms with Gasteiger partial charge in [-0.05, 0) is 6.42 Å². The molecular weight excluding hydrogens is 651 g/mol. The molecule has 40 heavy (non-hydrogen) atoms. The average molecular weight is 661 g/mol. The van der Waals surface area contributed by atoms with Crippen molar-refractivity contribution in [3.8, 4) is 0 Å². The van der Waals surface area contributed by atoms with E-state index >= 15 is 0 Å². The van der Waals surface area contributed by atoms with Crippen molar-refractivity contribution in [3.63, 3.8) is 0 Å². The molecule has 0 aliphatic carbocycles. The Kier molecular flexibility index (Phi) is 9.85. The Morgan fingerprint density at radius 2 is 0.975 bits per heavy atom. The summed E-state index contributed by atoms with van der Waals surface area (Å²) >= 11 is 0. The lowest BCUT2D eigenvalue weighted by molar-refractivity contribution is -0.458. The third-order valence-corrected chi connectivity index (χ3v) is 6.50. The van der Waals surface area contributed by atoms with Crippen LogP contribution in [0.2, 0.25) is 0 Å². The SMILES string of the molecule is CCCCN(C(C(=O)O)=C(F)F)S(=O)(=O)C(F)(F)C(F)(F)C(F)(F)C(F)(F)C(F)(F)C(F)(F)C(F)(F)C(F)(F)F. The van der Waals surface area contributed by atoms with Crippen LogP contribution in [-0.2, 0) is 14.8 Å². The molecule has 0 spiro atoms. The Morgan fingerprint density at radius 1 is 0.650 bits per heavy atom. The van der Waals surface area contributed by atoms with Crippen molar-refractivity contribution in [2.45, 2.75) is 66.7 Å². The summed E-state index contributed by atoms with van der Waals surface area (Å²) in [6.45, 7) is -1.13. The highest BCUT2D eigenvalue weighted by Crippen LogP contribution is 2.64. The topological polar surface area (TPSA) is 74.7 Å². The number of hydrogen-bond acceptors (Lipinski definition) is 3. The van der Waals surface area contributed by atoms with Crippen molar-refractivity contribution in [1.82, 2.24) is 4.31 Å². The van der Waals surface area contributed by atoms with E-state index in [2.05, 4.69) is 0 Å². The summed E-state index contributed by atoms with van der Waals surface area (Å²) in [5, 5.41) is 0.411. The van der Waals surface area contributed by atoms with E-state index in [1.807, 2.05) is 0 Å². The van der Waals surface area contributed by atoms with Crippen LogP contribution in [0.1, 0.15) is 19.8 Å². The summed E-state index contributed by atoms with van der Waals surface area (Å²) in [4.78, 5) is 10.9. The number of halogens is 19. The van der Waals surface area contributed by atoms with Gasteiger partial charge in [-0.1, -0.05) is 13.3 Å². The maximum Gasteiger partial charge on any atom is 0.460 e. The molecule has 0 aromatic rings. The molecule has 5 nitrogen and oxygen atoms in total. The maximum absolute atomic E-state index is 14.3. The first-order chi connectivity index (χ1) is 17.2. The summed E-state index contributed by atoms with van der Waals surface area (Å²) < 4.78 is 275. The first-order valence-electron chi connectivity index (χ1n) is 9.24. The molecule has 0 saturated carbocycles. The number of nitrogens with zero attached hydrogens (tertiary/aromatic N) is 1. The van der Waals surface area contributed by atoms with E-state index in [4.69, 9.17) is 5.11 Å². The Morgan fingerprint density at radius 3 is 1.25 bits per heavy atom. The van der Waals surface area contributed by atoms with Gasteiger partial charge in [-0.2, -0.15) is 91.8 Å². The molecule has 1 N–H and O–H groups in total. The number of carboxylic acid groups (broad SMARTS) is 1. The Balaban J connectivity index is 7.41. The van der Waals surface area contributed by atoms with Crippen LogP contribution < -0.4 is 0 Å². The normalized spacial score (nSPS) is 15.2. The molecule has 0 radical (unpaired) electrons. The first-order valence-corrected chi connectivity index (χ1v) is 10.7. The van der Waals surface area contributed by atoms with E-state index in [0.29, 0.717) is 0 Å². The molecule has 0 heterocycles. The van der Waals surface area contributed by atoms with E-state index in [1.54, 1.807) is 0 Å². The Bertz CT molecular complexity index is 1090. The predicted molar refractivity (Wildman–Crippen MR) is 88.1 cm³/mol. The van der Waals surface area contributed by atoms with Crippen molar-refractivity contribution in [2.24, 2.45) is 0 Å². The van der Waals surface area contributed by atoms with Gasteiger partial charge in [0, 0.05) is 6.54 Å². The number of sulfonamides is 1. The zero-order chi connectivity index (χ0) is 32.9. The van der Waals surface area contributed by atoms with Gasteiger partial charge in [0.25, 0.3) is 0 Å².